The Morgan fingerprint density at radius 2 is 2.31 bits per heavy atom. The van der Waals surface area contributed by atoms with Gasteiger partial charge in [0, 0.05) is 7.11 Å². The van der Waals surface area contributed by atoms with Crippen LogP contribution in [-0.2, 0) is 9.53 Å². The lowest BCUT2D eigenvalue weighted by Crippen LogP contribution is -2.53. The van der Waals surface area contributed by atoms with E-state index < -0.39 is 11.6 Å². The number of carbonyl (C=O) groups is 2. The lowest BCUT2D eigenvalue weighted by atomic mass is 9.95. The Labute approximate surface area is 75.8 Å². The zero-order chi connectivity index (χ0) is 9.47. The summed E-state index contributed by atoms with van der Waals surface area (Å²) < 4.78 is 5.19. The van der Waals surface area contributed by atoms with Crippen LogP contribution in [0.5, 0.6) is 0 Å². The van der Waals surface area contributed by atoms with Crippen LogP contribution in [0, 0.1) is 0 Å². The van der Waals surface area contributed by atoms with Crippen molar-refractivity contribution >= 4 is 11.9 Å². The van der Waals surface area contributed by atoms with Gasteiger partial charge in [-0.3, -0.25) is 10.1 Å². The molecular formula is C8H12N2O3. The van der Waals surface area contributed by atoms with E-state index in [1.165, 1.54) is 0 Å². The topological polar surface area (TPSA) is 67.4 Å². The Morgan fingerprint density at radius 1 is 1.54 bits per heavy atom. The summed E-state index contributed by atoms with van der Waals surface area (Å²) in [4.78, 5) is 22.5. The lowest BCUT2D eigenvalue weighted by molar-refractivity contribution is -0.127. The van der Waals surface area contributed by atoms with E-state index in [2.05, 4.69) is 10.6 Å². The largest absolute Gasteiger partial charge is 0.378 e. The fourth-order valence-electron chi connectivity index (χ4n) is 2.20. The number of ether oxygens (including phenoxy) is 1. The first kappa shape index (κ1) is 8.50. The first-order valence-electron chi connectivity index (χ1n) is 4.35. The van der Waals surface area contributed by atoms with Crippen LogP contribution < -0.4 is 10.6 Å². The number of nitrogens with one attached hydrogen (secondary N) is 2. The van der Waals surface area contributed by atoms with Crippen molar-refractivity contribution < 1.29 is 14.3 Å². The number of methoxy groups -OCH3 is 1. The molecule has 0 bridgehead atoms. The van der Waals surface area contributed by atoms with E-state index in [0.717, 1.165) is 12.8 Å². The predicted molar refractivity (Wildman–Crippen MR) is 44.1 cm³/mol. The molecule has 2 aliphatic rings. The third kappa shape index (κ3) is 1.03. The van der Waals surface area contributed by atoms with Crippen molar-refractivity contribution in [1.82, 2.24) is 10.6 Å². The minimum absolute atomic E-state index is 0.182. The van der Waals surface area contributed by atoms with Gasteiger partial charge in [-0.15, -0.1) is 0 Å². The van der Waals surface area contributed by atoms with Crippen molar-refractivity contribution in [3.05, 3.63) is 0 Å². The Morgan fingerprint density at radius 3 is 2.85 bits per heavy atom. The summed E-state index contributed by atoms with van der Waals surface area (Å²) in [7, 11) is 1.56. The molecule has 0 aromatic rings. The summed E-state index contributed by atoms with van der Waals surface area (Å²) in [6.07, 6.45) is 2.22. The zero-order valence-corrected chi connectivity index (χ0v) is 7.42. The molecule has 3 amide bonds. The molecule has 1 aliphatic carbocycles. The normalized spacial score (nSPS) is 38.1. The molecule has 5 nitrogen and oxygen atoms in total. The maximum atomic E-state index is 11.5. The molecule has 1 saturated carbocycles. The van der Waals surface area contributed by atoms with Gasteiger partial charge in [-0.2, -0.15) is 0 Å². The van der Waals surface area contributed by atoms with Crippen molar-refractivity contribution in [1.29, 1.82) is 0 Å². The summed E-state index contributed by atoms with van der Waals surface area (Å²) in [6.45, 7) is 0. The maximum Gasteiger partial charge on any atom is 0.322 e. The fraction of sp³-hybridized carbons (Fsp3) is 0.750. The average molecular weight is 184 g/mol. The van der Waals surface area contributed by atoms with Gasteiger partial charge in [-0.25, -0.2) is 4.79 Å². The van der Waals surface area contributed by atoms with Gasteiger partial charge in [-0.1, -0.05) is 0 Å². The first-order chi connectivity index (χ1) is 6.19. The van der Waals surface area contributed by atoms with Gasteiger partial charge < -0.3 is 10.1 Å². The highest BCUT2D eigenvalue weighted by Gasteiger charge is 2.54. The molecule has 72 valence electrons. The maximum absolute atomic E-state index is 11.5. The molecule has 2 N–H and O–H groups in total. The fourth-order valence-corrected chi connectivity index (χ4v) is 2.20. The third-order valence-corrected chi connectivity index (χ3v) is 2.84. The molecule has 0 aromatic heterocycles. The van der Waals surface area contributed by atoms with Crippen LogP contribution in [0.1, 0.15) is 19.3 Å². The van der Waals surface area contributed by atoms with Crippen LogP contribution in [0.2, 0.25) is 0 Å². The van der Waals surface area contributed by atoms with Crippen molar-refractivity contribution in [2.75, 3.05) is 7.11 Å². The molecule has 1 heterocycles. The quantitative estimate of drug-likeness (QED) is 0.553. The zero-order valence-electron chi connectivity index (χ0n) is 7.42. The van der Waals surface area contributed by atoms with E-state index in [1.807, 2.05) is 0 Å². The van der Waals surface area contributed by atoms with Gasteiger partial charge in [0.05, 0.1) is 6.10 Å². The number of urea groups is 1. The lowest BCUT2D eigenvalue weighted by Gasteiger charge is -2.26. The van der Waals surface area contributed by atoms with Crippen LogP contribution >= 0.6 is 0 Å². The van der Waals surface area contributed by atoms with Crippen LogP contribution in [-0.4, -0.2) is 30.7 Å². The molecular weight excluding hydrogens is 172 g/mol. The van der Waals surface area contributed by atoms with E-state index in [1.54, 1.807) is 7.11 Å². The molecule has 1 spiro atoms. The highest BCUT2D eigenvalue weighted by atomic mass is 16.5. The summed E-state index contributed by atoms with van der Waals surface area (Å²) in [5, 5.41) is 4.90. The first-order valence-corrected chi connectivity index (χ1v) is 4.35. The molecule has 1 aliphatic heterocycles. The van der Waals surface area contributed by atoms with Crippen LogP contribution in [0.25, 0.3) is 0 Å². The number of amides is 3. The smallest absolute Gasteiger partial charge is 0.322 e. The molecule has 2 atom stereocenters. The van der Waals surface area contributed by atoms with Gasteiger partial charge in [0.25, 0.3) is 5.91 Å². The molecule has 2 fully saturated rings. The Kier molecular flexibility index (Phi) is 1.76. The molecule has 5 heteroatoms. The molecule has 2 unspecified atom stereocenters. The second-order valence-electron chi connectivity index (χ2n) is 3.50. The second-order valence-corrected chi connectivity index (χ2v) is 3.50. The Bertz CT molecular complexity index is 266. The van der Waals surface area contributed by atoms with Gasteiger partial charge in [0.2, 0.25) is 0 Å². The number of carbonyl (C=O) groups excluding carboxylic acids is 2. The SMILES string of the molecule is COC1CCCC12NC(=O)NC2=O. The van der Waals surface area contributed by atoms with E-state index in [0.29, 0.717) is 6.42 Å². The van der Waals surface area contributed by atoms with Crippen LogP contribution in [0.4, 0.5) is 4.79 Å². The number of rotatable bonds is 1. The highest BCUT2D eigenvalue weighted by molar-refractivity contribution is 6.07. The van der Waals surface area contributed by atoms with Gasteiger partial charge in [0.15, 0.2) is 0 Å². The number of hydrogen-bond acceptors (Lipinski definition) is 3. The third-order valence-electron chi connectivity index (χ3n) is 2.84. The van der Waals surface area contributed by atoms with Crippen LogP contribution in [0.15, 0.2) is 0 Å². The van der Waals surface area contributed by atoms with Crippen molar-refractivity contribution in [2.24, 2.45) is 0 Å². The molecule has 0 radical (unpaired) electrons. The van der Waals surface area contributed by atoms with Gasteiger partial charge >= 0.3 is 6.03 Å². The summed E-state index contributed by atoms with van der Waals surface area (Å²) >= 11 is 0. The van der Waals surface area contributed by atoms with Gasteiger partial charge in [-0.05, 0) is 19.3 Å². The number of hydrogen-bond donors (Lipinski definition) is 2. The molecule has 1 saturated heterocycles. The Hall–Kier alpha value is -1.10. The number of imide groups is 1. The highest BCUT2D eigenvalue weighted by Crippen LogP contribution is 2.34. The minimum atomic E-state index is -0.786. The predicted octanol–water partition coefficient (Wildman–Crippen LogP) is -0.237. The summed E-state index contributed by atoms with van der Waals surface area (Å²) in [5.41, 5.74) is -0.786. The monoisotopic (exact) mass is 184 g/mol. The average Bonchev–Trinajstić information content (AvgIpc) is 2.59. The van der Waals surface area contributed by atoms with E-state index in [9.17, 15) is 9.59 Å². The Balaban J connectivity index is 2.28. The minimum Gasteiger partial charge on any atom is -0.378 e. The second kappa shape index (κ2) is 2.70. The van der Waals surface area contributed by atoms with E-state index in [4.69, 9.17) is 4.74 Å². The van der Waals surface area contributed by atoms with E-state index >= 15 is 0 Å². The standard InChI is InChI=1S/C8H12N2O3/c1-13-5-3-2-4-8(5)6(11)9-7(12)10-8/h5H,2-4H2,1H3,(H2,9,10,11,12). The summed E-state index contributed by atoms with van der Waals surface area (Å²) in [6, 6.07) is -0.408. The van der Waals surface area contributed by atoms with Crippen molar-refractivity contribution in [3.63, 3.8) is 0 Å². The molecule has 2 rings (SSSR count). The van der Waals surface area contributed by atoms with Crippen molar-refractivity contribution in [3.8, 4) is 0 Å². The molecule has 0 aromatic carbocycles. The van der Waals surface area contributed by atoms with Crippen molar-refractivity contribution in [2.45, 2.75) is 30.9 Å². The summed E-state index contributed by atoms with van der Waals surface area (Å²) in [5.74, 6) is -0.248. The van der Waals surface area contributed by atoms with E-state index in [-0.39, 0.29) is 12.0 Å². The van der Waals surface area contributed by atoms with Crippen LogP contribution in [0.3, 0.4) is 0 Å². The van der Waals surface area contributed by atoms with Gasteiger partial charge in [0.1, 0.15) is 5.54 Å². The molecule has 13 heavy (non-hydrogen) atoms.